The van der Waals surface area contributed by atoms with Crippen molar-refractivity contribution in [1.29, 1.82) is 0 Å². The van der Waals surface area contributed by atoms with Crippen LogP contribution in [0.1, 0.15) is 72.1 Å². The smallest absolute Gasteiger partial charge is 0.255 e. The van der Waals surface area contributed by atoms with Gasteiger partial charge in [-0.05, 0) is 32.8 Å². The third-order valence-electron chi connectivity index (χ3n) is 5.10. The van der Waals surface area contributed by atoms with Crippen LogP contribution in [0.3, 0.4) is 0 Å². The molecule has 1 saturated heterocycles. The molecule has 1 aliphatic heterocycles. The summed E-state index contributed by atoms with van der Waals surface area (Å²) in [7, 11) is 1.85. The Morgan fingerprint density at radius 2 is 2.07 bits per heavy atom. The first-order valence-electron chi connectivity index (χ1n) is 9.32. The molecule has 1 atom stereocenters. The number of aryl methyl sites for hydroxylation is 3. The van der Waals surface area contributed by atoms with Gasteiger partial charge in [0.25, 0.3) is 5.91 Å². The zero-order valence-corrected chi connectivity index (χ0v) is 16.4. The normalized spacial score (nSPS) is 17.4. The summed E-state index contributed by atoms with van der Waals surface area (Å²) in [6, 6.07) is 1.67. The van der Waals surface area contributed by atoms with Crippen LogP contribution in [0.15, 0.2) is 10.6 Å². The van der Waals surface area contributed by atoms with Crippen LogP contribution in [0.5, 0.6) is 0 Å². The van der Waals surface area contributed by atoms with E-state index in [1.165, 1.54) is 0 Å². The van der Waals surface area contributed by atoms with E-state index in [2.05, 4.69) is 20.2 Å². The van der Waals surface area contributed by atoms with Crippen molar-refractivity contribution in [1.82, 2.24) is 29.8 Å². The second kappa shape index (κ2) is 6.44. The summed E-state index contributed by atoms with van der Waals surface area (Å²) in [4.78, 5) is 24.4. The maximum absolute atomic E-state index is 13.5. The van der Waals surface area contributed by atoms with Crippen LogP contribution < -0.4 is 0 Å². The van der Waals surface area contributed by atoms with E-state index in [1.54, 1.807) is 4.68 Å². The number of hydrogen-bond acceptors (Lipinski definition) is 6. The molecule has 0 N–H and O–H groups in total. The molecule has 4 rings (SSSR count). The lowest BCUT2D eigenvalue weighted by Gasteiger charge is -2.22. The summed E-state index contributed by atoms with van der Waals surface area (Å²) in [5.41, 5.74) is 2.97. The fourth-order valence-corrected chi connectivity index (χ4v) is 3.78. The lowest BCUT2D eigenvalue weighted by atomic mass is 10.1. The summed E-state index contributed by atoms with van der Waals surface area (Å²) in [5, 5.41) is 9.32. The highest BCUT2D eigenvalue weighted by molar-refractivity contribution is 6.06. The van der Waals surface area contributed by atoms with Crippen molar-refractivity contribution in [2.45, 2.75) is 52.5 Å². The minimum absolute atomic E-state index is 0.0339. The monoisotopic (exact) mass is 368 g/mol. The molecule has 4 heterocycles. The maximum Gasteiger partial charge on any atom is 0.255 e. The summed E-state index contributed by atoms with van der Waals surface area (Å²) >= 11 is 0. The van der Waals surface area contributed by atoms with Gasteiger partial charge in [0, 0.05) is 25.2 Å². The van der Waals surface area contributed by atoms with Gasteiger partial charge in [-0.25, -0.2) is 4.98 Å². The molecule has 8 nitrogen and oxygen atoms in total. The molecule has 0 spiro atoms. The minimum atomic E-state index is -0.182. The molecule has 0 unspecified atom stereocenters. The second-order valence-corrected chi connectivity index (χ2v) is 7.52. The van der Waals surface area contributed by atoms with Gasteiger partial charge in [0.2, 0.25) is 5.89 Å². The van der Waals surface area contributed by atoms with Gasteiger partial charge in [0.05, 0.1) is 16.6 Å². The fourth-order valence-electron chi connectivity index (χ4n) is 3.78. The number of nitrogens with zero attached hydrogens (tertiary/aromatic N) is 6. The number of carbonyl (C=O) groups is 1. The van der Waals surface area contributed by atoms with Crippen molar-refractivity contribution >= 4 is 16.9 Å². The predicted octanol–water partition coefficient (Wildman–Crippen LogP) is 3.07. The Morgan fingerprint density at radius 1 is 1.30 bits per heavy atom. The van der Waals surface area contributed by atoms with Gasteiger partial charge in [-0.1, -0.05) is 19.0 Å². The Kier molecular flexibility index (Phi) is 4.20. The van der Waals surface area contributed by atoms with Crippen molar-refractivity contribution in [3.63, 3.8) is 0 Å². The number of hydrogen-bond donors (Lipinski definition) is 0. The van der Waals surface area contributed by atoms with E-state index < -0.39 is 0 Å². The summed E-state index contributed by atoms with van der Waals surface area (Å²) < 4.78 is 7.21. The Labute approximate surface area is 157 Å². The van der Waals surface area contributed by atoms with Gasteiger partial charge in [-0.3, -0.25) is 9.48 Å². The van der Waals surface area contributed by atoms with Gasteiger partial charge < -0.3 is 9.42 Å². The first-order valence-corrected chi connectivity index (χ1v) is 9.32. The zero-order valence-electron chi connectivity index (χ0n) is 16.4. The summed E-state index contributed by atoms with van der Waals surface area (Å²) in [5.74, 6) is 1.35. The Bertz CT molecular complexity index is 1020. The van der Waals surface area contributed by atoms with Crippen molar-refractivity contribution in [2.75, 3.05) is 6.54 Å². The van der Waals surface area contributed by atoms with Crippen LogP contribution in [-0.4, -0.2) is 42.3 Å². The molecule has 0 aromatic carbocycles. The third-order valence-corrected chi connectivity index (χ3v) is 5.10. The van der Waals surface area contributed by atoms with Crippen molar-refractivity contribution < 1.29 is 9.32 Å². The molecule has 1 amide bonds. The molecule has 1 fully saturated rings. The van der Waals surface area contributed by atoms with Gasteiger partial charge >= 0.3 is 0 Å². The minimum Gasteiger partial charge on any atom is -0.337 e. The number of fused-ring (bicyclic) bond motifs is 1. The van der Waals surface area contributed by atoms with Gasteiger partial charge in [-0.15, -0.1) is 0 Å². The van der Waals surface area contributed by atoms with E-state index in [4.69, 9.17) is 4.52 Å². The van der Waals surface area contributed by atoms with E-state index >= 15 is 0 Å². The second-order valence-electron chi connectivity index (χ2n) is 7.52. The van der Waals surface area contributed by atoms with Crippen LogP contribution in [0.4, 0.5) is 0 Å². The summed E-state index contributed by atoms with van der Waals surface area (Å²) in [6.45, 7) is 8.52. The first-order chi connectivity index (χ1) is 12.9. The van der Waals surface area contributed by atoms with Crippen molar-refractivity contribution in [3.05, 3.63) is 34.7 Å². The predicted molar refractivity (Wildman–Crippen MR) is 99.4 cm³/mol. The van der Waals surface area contributed by atoms with Gasteiger partial charge in [-0.2, -0.15) is 10.1 Å². The molecular weight excluding hydrogens is 344 g/mol. The number of amides is 1. The average molecular weight is 368 g/mol. The standard InChI is InChI=1S/C19H24N6O2/c1-10(2)16-21-18(27-23-16)14-7-6-8-25(14)19(26)13-9-11(3)20-17-15(13)12(4)22-24(17)5/h9-10,14H,6-8H2,1-5H3/t14-/m0/s1. The lowest BCUT2D eigenvalue weighted by Crippen LogP contribution is -2.31. The van der Waals surface area contributed by atoms with Crippen LogP contribution in [0, 0.1) is 13.8 Å². The van der Waals surface area contributed by atoms with Crippen LogP contribution in [0.25, 0.3) is 11.0 Å². The molecule has 8 heteroatoms. The molecule has 0 saturated carbocycles. The Hall–Kier alpha value is -2.77. The van der Waals surface area contributed by atoms with E-state index in [-0.39, 0.29) is 17.9 Å². The van der Waals surface area contributed by atoms with Gasteiger partial charge in [0.1, 0.15) is 6.04 Å². The highest BCUT2D eigenvalue weighted by Crippen LogP contribution is 2.34. The van der Waals surface area contributed by atoms with E-state index in [0.29, 0.717) is 23.8 Å². The number of aromatic nitrogens is 5. The third kappa shape index (κ3) is 2.89. The van der Waals surface area contributed by atoms with Crippen LogP contribution in [-0.2, 0) is 7.05 Å². The van der Waals surface area contributed by atoms with E-state index in [0.717, 1.165) is 35.3 Å². The first kappa shape index (κ1) is 17.6. The molecule has 3 aromatic rings. The SMILES string of the molecule is Cc1cc(C(=O)N2CCC[C@H]2c2nc(C(C)C)no2)c2c(C)nn(C)c2n1. The molecular formula is C19H24N6O2. The number of pyridine rings is 1. The van der Waals surface area contributed by atoms with E-state index in [9.17, 15) is 4.79 Å². The van der Waals surface area contributed by atoms with Crippen LogP contribution in [0.2, 0.25) is 0 Å². The Morgan fingerprint density at radius 3 is 2.78 bits per heavy atom. The maximum atomic E-state index is 13.5. The van der Waals surface area contributed by atoms with E-state index in [1.807, 2.05) is 45.7 Å². The number of rotatable bonds is 3. The average Bonchev–Trinajstić information content (AvgIpc) is 3.33. The van der Waals surface area contributed by atoms with Crippen LogP contribution >= 0.6 is 0 Å². The lowest BCUT2D eigenvalue weighted by molar-refractivity contribution is 0.0712. The van der Waals surface area contributed by atoms with Crippen molar-refractivity contribution in [3.8, 4) is 0 Å². The fraction of sp³-hybridized carbons (Fsp3) is 0.526. The largest absolute Gasteiger partial charge is 0.337 e. The molecule has 27 heavy (non-hydrogen) atoms. The van der Waals surface area contributed by atoms with Gasteiger partial charge in [0.15, 0.2) is 11.5 Å². The molecule has 142 valence electrons. The molecule has 0 aliphatic carbocycles. The topological polar surface area (TPSA) is 89.9 Å². The molecule has 1 aliphatic rings. The highest BCUT2D eigenvalue weighted by atomic mass is 16.5. The number of carbonyl (C=O) groups excluding carboxylic acids is 1. The molecule has 0 bridgehead atoms. The number of likely N-dealkylation sites (tertiary alicyclic amines) is 1. The highest BCUT2D eigenvalue weighted by Gasteiger charge is 2.36. The Balaban J connectivity index is 1.74. The zero-order chi connectivity index (χ0) is 19.3. The quantitative estimate of drug-likeness (QED) is 0.706. The summed E-state index contributed by atoms with van der Waals surface area (Å²) in [6.07, 6.45) is 1.74. The van der Waals surface area contributed by atoms with Crippen molar-refractivity contribution in [2.24, 2.45) is 7.05 Å². The molecule has 0 radical (unpaired) electrons. The molecule has 3 aromatic heterocycles.